The second-order valence-corrected chi connectivity index (χ2v) is 6.22. The number of hydrogen-bond acceptors (Lipinski definition) is 5. The van der Waals surface area contributed by atoms with Crippen molar-refractivity contribution in [3.8, 4) is 17.2 Å². The van der Waals surface area contributed by atoms with Gasteiger partial charge in [0, 0.05) is 0 Å². The third kappa shape index (κ3) is 7.33. The first kappa shape index (κ1) is 21.8. The van der Waals surface area contributed by atoms with E-state index in [-0.39, 0.29) is 6.61 Å². The molecule has 0 aromatic heterocycles. The largest absolute Gasteiger partial charge is 0.493 e. The summed E-state index contributed by atoms with van der Waals surface area (Å²) in [4.78, 5) is 0. The maximum Gasteiger partial charge on any atom is 0.203 e. The highest BCUT2D eigenvalue weighted by molar-refractivity contribution is 5.62. The first-order valence-electron chi connectivity index (χ1n) is 8.55. The van der Waals surface area contributed by atoms with E-state index in [2.05, 4.69) is 6.58 Å². The monoisotopic (exact) mass is 362 g/mol. The van der Waals surface area contributed by atoms with Gasteiger partial charge in [0.25, 0.3) is 0 Å². The molecular weight excluding hydrogens is 332 g/mol. The first-order chi connectivity index (χ1) is 12.4. The third-order valence-corrected chi connectivity index (χ3v) is 3.70. The fourth-order valence-electron chi connectivity index (χ4n) is 2.52. The molecule has 0 spiro atoms. The standard InChI is InChI=1S/C21H30O5/c1-15(2)11-18(23)12-16(3)8-10-26-21-19(24-4)13-17(7-6-9-22)14-20(21)25-5/h6-8,13-14,18,22-23H,1,9-12H2,2-5H3/b7-6+,16-8-/t18-/m1/s1. The lowest BCUT2D eigenvalue weighted by Crippen LogP contribution is -2.08. The van der Waals surface area contributed by atoms with Crippen LogP contribution in [0.15, 0.2) is 42.0 Å². The van der Waals surface area contributed by atoms with Crippen LogP contribution in [0, 0.1) is 0 Å². The van der Waals surface area contributed by atoms with Crippen LogP contribution < -0.4 is 14.2 Å². The molecule has 0 bridgehead atoms. The Morgan fingerprint density at radius 2 is 1.77 bits per heavy atom. The highest BCUT2D eigenvalue weighted by atomic mass is 16.5. The third-order valence-electron chi connectivity index (χ3n) is 3.70. The number of aliphatic hydroxyl groups is 2. The summed E-state index contributed by atoms with van der Waals surface area (Å²) < 4.78 is 16.6. The van der Waals surface area contributed by atoms with Crippen LogP contribution in [0.5, 0.6) is 17.2 Å². The van der Waals surface area contributed by atoms with E-state index in [4.69, 9.17) is 19.3 Å². The number of methoxy groups -OCH3 is 2. The summed E-state index contributed by atoms with van der Waals surface area (Å²) in [5, 5.41) is 18.9. The number of ether oxygens (including phenoxy) is 3. The summed E-state index contributed by atoms with van der Waals surface area (Å²) >= 11 is 0. The molecule has 0 heterocycles. The highest BCUT2D eigenvalue weighted by Gasteiger charge is 2.13. The van der Waals surface area contributed by atoms with Crippen LogP contribution >= 0.6 is 0 Å². The second kappa shape index (κ2) is 11.4. The average Bonchev–Trinajstić information content (AvgIpc) is 2.59. The molecule has 1 rings (SSSR count). The Kier molecular flexibility index (Phi) is 9.55. The van der Waals surface area contributed by atoms with Crippen molar-refractivity contribution >= 4 is 6.08 Å². The Bertz CT molecular complexity index is 621. The van der Waals surface area contributed by atoms with E-state index in [0.29, 0.717) is 36.7 Å². The molecular formula is C21H30O5. The average molecular weight is 362 g/mol. The van der Waals surface area contributed by atoms with Gasteiger partial charge >= 0.3 is 0 Å². The van der Waals surface area contributed by atoms with Gasteiger partial charge in [0.1, 0.15) is 6.61 Å². The van der Waals surface area contributed by atoms with Gasteiger partial charge in [-0.15, -0.1) is 6.58 Å². The fourth-order valence-corrected chi connectivity index (χ4v) is 2.52. The van der Waals surface area contributed by atoms with Gasteiger partial charge in [0.15, 0.2) is 11.5 Å². The van der Waals surface area contributed by atoms with Crippen LogP contribution in [0.25, 0.3) is 6.08 Å². The number of benzene rings is 1. The van der Waals surface area contributed by atoms with Gasteiger partial charge in [-0.05, 0) is 50.5 Å². The molecule has 2 N–H and O–H groups in total. The number of hydrogen-bond donors (Lipinski definition) is 2. The van der Waals surface area contributed by atoms with Crippen molar-refractivity contribution in [3.05, 3.63) is 47.6 Å². The minimum absolute atomic E-state index is 0.0375. The zero-order chi connectivity index (χ0) is 19.5. The molecule has 5 nitrogen and oxygen atoms in total. The van der Waals surface area contributed by atoms with E-state index in [9.17, 15) is 5.11 Å². The van der Waals surface area contributed by atoms with E-state index in [1.165, 1.54) is 0 Å². The van der Waals surface area contributed by atoms with Crippen molar-refractivity contribution < 1.29 is 24.4 Å². The molecule has 0 radical (unpaired) electrons. The lowest BCUT2D eigenvalue weighted by Gasteiger charge is -2.15. The minimum Gasteiger partial charge on any atom is -0.493 e. The SMILES string of the molecule is C=C(C)C[C@@H](O)C/C(C)=C\COc1c(OC)cc(/C=C/CO)cc1OC. The molecule has 5 heteroatoms. The summed E-state index contributed by atoms with van der Waals surface area (Å²) in [6.07, 6.45) is 6.09. The van der Waals surface area contributed by atoms with E-state index in [0.717, 1.165) is 16.7 Å². The van der Waals surface area contributed by atoms with Crippen molar-refractivity contribution in [1.29, 1.82) is 0 Å². The summed E-state index contributed by atoms with van der Waals surface area (Å²) in [6.45, 7) is 7.98. The zero-order valence-electron chi connectivity index (χ0n) is 16.1. The van der Waals surface area contributed by atoms with Crippen LogP contribution in [0.4, 0.5) is 0 Å². The predicted molar refractivity (Wildman–Crippen MR) is 105 cm³/mol. The van der Waals surface area contributed by atoms with Crippen LogP contribution in [0.3, 0.4) is 0 Å². The van der Waals surface area contributed by atoms with E-state index < -0.39 is 6.10 Å². The molecule has 0 saturated heterocycles. The van der Waals surface area contributed by atoms with Crippen molar-refractivity contribution in [2.75, 3.05) is 27.4 Å². The highest BCUT2D eigenvalue weighted by Crippen LogP contribution is 2.39. The molecule has 0 aliphatic heterocycles. The lowest BCUT2D eigenvalue weighted by molar-refractivity contribution is 0.175. The maximum atomic E-state index is 9.97. The second-order valence-electron chi connectivity index (χ2n) is 6.22. The van der Waals surface area contributed by atoms with Crippen molar-refractivity contribution in [1.82, 2.24) is 0 Å². The molecule has 0 fully saturated rings. The Balaban J connectivity index is 2.83. The Hall–Kier alpha value is -2.24. The Morgan fingerprint density at radius 1 is 1.15 bits per heavy atom. The molecule has 0 aliphatic rings. The first-order valence-corrected chi connectivity index (χ1v) is 8.55. The van der Waals surface area contributed by atoms with Gasteiger partial charge in [-0.3, -0.25) is 0 Å². The van der Waals surface area contributed by atoms with Crippen LogP contribution in [-0.2, 0) is 0 Å². The zero-order valence-corrected chi connectivity index (χ0v) is 16.1. The summed E-state index contributed by atoms with van der Waals surface area (Å²) in [5.74, 6) is 1.62. The van der Waals surface area contributed by atoms with E-state index in [1.54, 1.807) is 26.4 Å². The van der Waals surface area contributed by atoms with Crippen LogP contribution in [0.1, 0.15) is 32.3 Å². The van der Waals surface area contributed by atoms with Crippen molar-refractivity contribution in [3.63, 3.8) is 0 Å². The quantitative estimate of drug-likeness (QED) is 0.587. The molecule has 0 unspecified atom stereocenters. The van der Waals surface area contributed by atoms with Gasteiger partial charge in [0.2, 0.25) is 5.75 Å². The van der Waals surface area contributed by atoms with Crippen LogP contribution in [0.2, 0.25) is 0 Å². The van der Waals surface area contributed by atoms with Gasteiger partial charge in [-0.1, -0.05) is 23.3 Å². The van der Waals surface area contributed by atoms with E-state index in [1.807, 2.05) is 32.1 Å². The van der Waals surface area contributed by atoms with Crippen molar-refractivity contribution in [2.24, 2.45) is 0 Å². The predicted octanol–water partition coefficient (Wildman–Crippen LogP) is 3.75. The van der Waals surface area contributed by atoms with Crippen LogP contribution in [-0.4, -0.2) is 43.8 Å². The van der Waals surface area contributed by atoms with Gasteiger partial charge in [-0.2, -0.15) is 0 Å². The maximum absolute atomic E-state index is 9.97. The molecule has 26 heavy (non-hydrogen) atoms. The molecule has 144 valence electrons. The lowest BCUT2D eigenvalue weighted by atomic mass is 10.0. The summed E-state index contributed by atoms with van der Waals surface area (Å²) in [6, 6.07) is 3.63. The molecule has 0 saturated carbocycles. The fraction of sp³-hybridized carbons (Fsp3) is 0.429. The normalized spacial score (nSPS) is 12.9. The molecule has 1 atom stereocenters. The summed E-state index contributed by atoms with van der Waals surface area (Å²) in [5.41, 5.74) is 2.85. The molecule has 0 aliphatic carbocycles. The minimum atomic E-state index is -0.426. The van der Waals surface area contributed by atoms with E-state index >= 15 is 0 Å². The van der Waals surface area contributed by atoms with Crippen molar-refractivity contribution in [2.45, 2.75) is 32.8 Å². The molecule has 1 aromatic rings. The molecule has 0 amide bonds. The molecule has 1 aromatic carbocycles. The smallest absolute Gasteiger partial charge is 0.203 e. The topological polar surface area (TPSA) is 68.2 Å². The number of rotatable bonds is 11. The summed E-state index contributed by atoms with van der Waals surface area (Å²) in [7, 11) is 3.13. The Morgan fingerprint density at radius 3 is 2.27 bits per heavy atom. The number of aliphatic hydroxyl groups excluding tert-OH is 2. The Labute approximate surface area is 156 Å². The van der Waals surface area contributed by atoms with Gasteiger partial charge < -0.3 is 24.4 Å². The van der Waals surface area contributed by atoms with Gasteiger partial charge in [0.05, 0.1) is 26.9 Å². The van der Waals surface area contributed by atoms with Gasteiger partial charge in [-0.25, -0.2) is 0 Å².